The third-order valence-corrected chi connectivity index (χ3v) is 4.31. The van der Waals surface area contributed by atoms with Gasteiger partial charge >= 0.3 is 6.03 Å². The standard InChI is InChI=1S/C18H23N3O3/c1-12-11-19-17(24-12)13-6-5-7-14(10-13)20-18(22)21-15-8-3-4-9-16(15)23-2/h5-7,10-11,15-16H,3-4,8-9H2,1-2H3,(H2,20,21,22). The predicted molar refractivity (Wildman–Crippen MR) is 91.9 cm³/mol. The van der Waals surface area contributed by atoms with E-state index in [4.69, 9.17) is 9.15 Å². The van der Waals surface area contributed by atoms with Crippen molar-refractivity contribution in [3.63, 3.8) is 0 Å². The summed E-state index contributed by atoms with van der Waals surface area (Å²) in [4.78, 5) is 16.5. The van der Waals surface area contributed by atoms with Crippen LogP contribution in [0, 0.1) is 6.92 Å². The van der Waals surface area contributed by atoms with Gasteiger partial charge in [0.2, 0.25) is 5.89 Å². The van der Waals surface area contributed by atoms with Crippen molar-refractivity contribution in [2.45, 2.75) is 44.8 Å². The molecule has 6 nitrogen and oxygen atoms in total. The van der Waals surface area contributed by atoms with E-state index in [-0.39, 0.29) is 18.2 Å². The lowest BCUT2D eigenvalue weighted by molar-refractivity contribution is 0.0459. The molecule has 1 fully saturated rings. The maximum Gasteiger partial charge on any atom is 0.319 e. The Bertz CT molecular complexity index is 698. The molecule has 0 bridgehead atoms. The number of aromatic nitrogens is 1. The number of methoxy groups -OCH3 is 1. The second kappa shape index (κ2) is 7.49. The highest BCUT2D eigenvalue weighted by Gasteiger charge is 2.26. The number of aryl methyl sites for hydroxylation is 1. The number of benzene rings is 1. The molecule has 0 aliphatic heterocycles. The number of carbonyl (C=O) groups excluding carboxylic acids is 1. The molecule has 0 saturated heterocycles. The van der Waals surface area contributed by atoms with Gasteiger partial charge in [-0.15, -0.1) is 0 Å². The lowest BCUT2D eigenvalue weighted by Gasteiger charge is -2.31. The summed E-state index contributed by atoms with van der Waals surface area (Å²) in [7, 11) is 1.70. The first-order valence-corrected chi connectivity index (χ1v) is 8.29. The zero-order valence-electron chi connectivity index (χ0n) is 14.0. The summed E-state index contributed by atoms with van der Waals surface area (Å²) in [6, 6.07) is 7.29. The van der Waals surface area contributed by atoms with Crippen molar-refractivity contribution in [2.24, 2.45) is 0 Å². The monoisotopic (exact) mass is 329 g/mol. The van der Waals surface area contributed by atoms with Gasteiger partial charge in [-0.25, -0.2) is 9.78 Å². The van der Waals surface area contributed by atoms with Crippen molar-refractivity contribution < 1.29 is 13.9 Å². The highest BCUT2D eigenvalue weighted by Crippen LogP contribution is 2.23. The van der Waals surface area contributed by atoms with E-state index >= 15 is 0 Å². The first kappa shape index (κ1) is 16.5. The number of nitrogens with zero attached hydrogens (tertiary/aromatic N) is 1. The number of urea groups is 1. The van der Waals surface area contributed by atoms with Crippen LogP contribution >= 0.6 is 0 Å². The molecular formula is C18H23N3O3. The fraction of sp³-hybridized carbons (Fsp3) is 0.444. The SMILES string of the molecule is COC1CCCCC1NC(=O)Nc1cccc(-c2ncc(C)o2)c1. The number of carbonyl (C=O) groups is 1. The molecule has 0 radical (unpaired) electrons. The van der Waals surface area contributed by atoms with Crippen LogP contribution in [0.1, 0.15) is 31.4 Å². The third-order valence-electron chi connectivity index (χ3n) is 4.31. The maximum absolute atomic E-state index is 12.3. The van der Waals surface area contributed by atoms with Crippen LogP contribution < -0.4 is 10.6 Å². The second-order valence-corrected chi connectivity index (χ2v) is 6.12. The first-order valence-electron chi connectivity index (χ1n) is 8.29. The van der Waals surface area contributed by atoms with Gasteiger partial charge in [0.15, 0.2) is 0 Å². The first-order chi connectivity index (χ1) is 11.7. The number of nitrogens with one attached hydrogen (secondary N) is 2. The molecule has 1 saturated carbocycles. The van der Waals surface area contributed by atoms with Crippen LogP contribution in [0.5, 0.6) is 0 Å². The number of amides is 2. The quantitative estimate of drug-likeness (QED) is 0.896. The molecule has 24 heavy (non-hydrogen) atoms. The van der Waals surface area contributed by atoms with Crippen molar-refractivity contribution in [2.75, 3.05) is 12.4 Å². The van der Waals surface area contributed by atoms with E-state index in [1.165, 1.54) is 0 Å². The molecule has 1 heterocycles. The summed E-state index contributed by atoms with van der Waals surface area (Å²) >= 11 is 0. The summed E-state index contributed by atoms with van der Waals surface area (Å²) in [5, 5.41) is 5.89. The van der Waals surface area contributed by atoms with Gasteiger partial charge in [-0.05, 0) is 38.0 Å². The average Bonchev–Trinajstić information content (AvgIpc) is 3.02. The van der Waals surface area contributed by atoms with Gasteiger partial charge < -0.3 is 19.8 Å². The maximum atomic E-state index is 12.3. The number of anilines is 1. The number of ether oxygens (including phenoxy) is 1. The molecule has 0 spiro atoms. The van der Waals surface area contributed by atoms with Crippen molar-refractivity contribution >= 4 is 11.7 Å². The molecule has 1 aliphatic rings. The Morgan fingerprint density at radius 2 is 2.17 bits per heavy atom. The van der Waals surface area contributed by atoms with Crippen LogP contribution in [0.15, 0.2) is 34.9 Å². The molecular weight excluding hydrogens is 306 g/mol. The molecule has 6 heteroatoms. The van der Waals surface area contributed by atoms with Gasteiger partial charge in [0, 0.05) is 18.4 Å². The molecule has 2 amide bonds. The van der Waals surface area contributed by atoms with Gasteiger partial charge in [0.25, 0.3) is 0 Å². The van der Waals surface area contributed by atoms with Crippen LogP contribution in [0.3, 0.4) is 0 Å². The van der Waals surface area contributed by atoms with Crippen LogP contribution in [0.2, 0.25) is 0 Å². The smallest absolute Gasteiger partial charge is 0.319 e. The van der Waals surface area contributed by atoms with Gasteiger partial charge in [0.1, 0.15) is 5.76 Å². The topological polar surface area (TPSA) is 76.4 Å². The molecule has 2 unspecified atom stereocenters. The highest BCUT2D eigenvalue weighted by molar-refractivity contribution is 5.90. The summed E-state index contributed by atoms with van der Waals surface area (Å²) < 4.78 is 11.0. The molecule has 2 atom stereocenters. The summed E-state index contributed by atoms with van der Waals surface area (Å²) in [6.07, 6.45) is 5.96. The van der Waals surface area contributed by atoms with E-state index in [9.17, 15) is 4.79 Å². The van der Waals surface area contributed by atoms with Crippen LogP contribution in [-0.4, -0.2) is 30.3 Å². The molecule has 128 valence electrons. The average molecular weight is 329 g/mol. The fourth-order valence-corrected chi connectivity index (χ4v) is 3.10. The minimum absolute atomic E-state index is 0.0568. The predicted octanol–water partition coefficient (Wildman–Crippen LogP) is 3.73. The van der Waals surface area contributed by atoms with Gasteiger partial charge in [-0.2, -0.15) is 0 Å². The van der Waals surface area contributed by atoms with E-state index < -0.39 is 0 Å². The lowest BCUT2D eigenvalue weighted by atomic mass is 9.92. The Labute approximate surface area is 141 Å². The zero-order chi connectivity index (χ0) is 16.9. The van der Waals surface area contributed by atoms with Crippen molar-refractivity contribution in [1.82, 2.24) is 10.3 Å². The van der Waals surface area contributed by atoms with Gasteiger partial charge in [0.05, 0.1) is 18.3 Å². The van der Waals surface area contributed by atoms with Crippen molar-refractivity contribution in [3.05, 3.63) is 36.2 Å². The van der Waals surface area contributed by atoms with E-state index in [1.807, 2.05) is 31.2 Å². The number of oxazole rings is 1. The van der Waals surface area contributed by atoms with E-state index in [2.05, 4.69) is 15.6 Å². The third kappa shape index (κ3) is 3.94. The Hall–Kier alpha value is -2.34. The Morgan fingerprint density at radius 1 is 1.33 bits per heavy atom. The fourth-order valence-electron chi connectivity index (χ4n) is 3.10. The Morgan fingerprint density at radius 3 is 2.92 bits per heavy atom. The minimum atomic E-state index is -0.218. The van der Waals surface area contributed by atoms with Gasteiger partial charge in [-0.3, -0.25) is 0 Å². The zero-order valence-corrected chi connectivity index (χ0v) is 14.0. The van der Waals surface area contributed by atoms with E-state index in [0.29, 0.717) is 11.6 Å². The summed E-state index contributed by atoms with van der Waals surface area (Å²) in [5.74, 6) is 1.30. The normalized spacial score (nSPS) is 20.6. The number of hydrogen-bond donors (Lipinski definition) is 2. The lowest BCUT2D eigenvalue weighted by Crippen LogP contribution is -2.47. The van der Waals surface area contributed by atoms with E-state index in [1.54, 1.807) is 13.3 Å². The molecule has 3 rings (SSSR count). The van der Waals surface area contributed by atoms with Crippen LogP contribution in [-0.2, 0) is 4.74 Å². The van der Waals surface area contributed by atoms with Crippen LogP contribution in [0.4, 0.5) is 10.5 Å². The molecule has 1 aromatic heterocycles. The Balaban J connectivity index is 1.64. The van der Waals surface area contributed by atoms with Crippen molar-refractivity contribution in [1.29, 1.82) is 0 Å². The number of rotatable bonds is 4. The minimum Gasteiger partial charge on any atom is -0.441 e. The Kier molecular flexibility index (Phi) is 5.15. The van der Waals surface area contributed by atoms with Crippen molar-refractivity contribution in [3.8, 4) is 11.5 Å². The van der Waals surface area contributed by atoms with Crippen LogP contribution in [0.25, 0.3) is 11.5 Å². The highest BCUT2D eigenvalue weighted by atomic mass is 16.5. The molecule has 2 aromatic rings. The molecule has 1 aliphatic carbocycles. The molecule has 2 N–H and O–H groups in total. The summed E-state index contributed by atoms with van der Waals surface area (Å²) in [6.45, 7) is 1.85. The summed E-state index contributed by atoms with van der Waals surface area (Å²) in [5.41, 5.74) is 1.53. The second-order valence-electron chi connectivity index (χ2n) is 6.12. The number of hydrogen-bond acceptors (Lipinski definition) is 4. The van der Waals surface area contributed by atoms with Gasteiger partial charge in [-0.1, -0.05) is 18.9 Å². The largest absolute Gasteiger partial charge is 0.441 e. The van der Waals surface area contributed by atoms with E-state index in [0.717, 1.165) is 37.0 Å². The molecule has 1 aromatic carbocycles.